The number of phenolic OH excluding ortho intramolecular Hbond substituents is 1. The summed E-state index contributed by atoms with van der Waals surface area (Å²) in [5, 5.41) is 9.34. The molecule has 0 saturated carbocycles. The van der Waals surface area contributed by atoms with E-state index in [-0.39, 0.29) is 5.75 Å². The van der Waals surface area contributed by atoms with Crippen LogP contribution in [0.3, 0.4) is 0 Å². The van der Waals surface area contributed by atoms with Gasteiger partial charge in [-0.15, -0.1) is 0 Å². The quantitative estimate of drug-likeness (QED) is 0.803. The highest BCUT2D eigenvalue weighted by Gasteiger charge is 2.01. The Balaban J connectivity index is 0.000000791. The van der Waals surface area contributed by atoms with Crippen LogP contribution in [0.1, 0.15) is 33.3 Å². The third-order valence-corrected chi connectivity index (χ3v) is 1.73. The zero-order chi connectivity index (χ0) is 11.0. The van der Waals surface area contributed by atoms with Crippen molar-refractivity contribution >= 4 is 0 Å². The van der Waals surface area contributed by atoms with Gasteiger partial charge in [-0.25, -0.2) is 0 Å². The molecule has 2 nitrogen and oxygen atoms in total. The van der Waals surface area contributed by atoms with Gasteiger partial charge in [0.05, 0.1) is 6.61 Å². The number of hydrogen-bond acceptors (Lipinski definition) is 2. The summed E-state index contributed by atoms with van der Waals surface area (Å²) in [5.74, 6) is 0.797. The molecule has 0 amide bonds. The fourth-order valence-corrected chi connectivity index (χ4v) is 1.05. The summed E-state index contributed by atoms with van der Waals surface area (Å²) in [6.45, 7) is 8.56. The summed E-state index contributed by atoms with van der Waals surface area (Å²) in [6.07, 6.45) is 0.959. The summed E-state index contributed by atoms with van der Waals surface area (Å²) in [7, 11) is 0. The second-order valence-electron chi connectivity index (χ2n) is 2.59. The number of phenols is 1. The number of rotatable bonds is 3. The monoisotopic (exact) mass is 196 g/mol. The van der Waals surface area contributed by atoms with Gasteiger partial charge in [0.2, 0.25) is 0 Å². The smallest absolute Gasteiger partial charge is 0.161 e. The highest BCUT2D eigenvalue weighted by atomic mass is 16.5. The first-order valence-corrected chi connectivity index (χ1v) is 5.22. The van der Waals surface area contributed by atoms with Gasteiger partial charge in [-0.05, 0) is 31.0 Å². The van der Waals surface area contributed by atoms with E-state index in [1.807, 2.05) is 32.9 Å². The van der Waals surface area contributed by atoms with Crippen LogP contribution in [0, 0.1) is 0 Å². The highest BCUT2D eigenvalue weighted by Crippen LogP contribution is 2.26. The Morgan fingerprint density at radius 3 is 2.36 bits per heavy atom. The van der Waals surface area contributed by atoms with Crippen LogP contribution in [0.5, 0.6) is 11.5 Å². The van der Waals surface area contributed by atoms with Gasteiger partial charge in [-0.3, -0.25) is 0 Å². The Hall–Kier alpha value is -1.18. The van der Waals surface area contributed by atoms with Crippen molar-refractivity contribution in [1.82, 2.24) is 0 Å². The van der Waals surface area contributed by atoms with Gasteiger partial charge in [0.25, 0.3) is 0 Å². The molecule has 14 heavy (non-hydrogen) atoms. The van der Waals surface area contributed by atoms with Crippen molar-refractivity contribution in [2.75, 3.05) is 6.61 Å². The molecule has 0 saturated heterocycles. The molecular weight excluding hydrogens is 176 g/mol. The van der Waals surface area contributed by atoms with Gasteiger partial charge in [0.15, 0.2) is 11.5 Å². The lowest BCUT2D eigenvalue weighted by Crippen LogP contribution is -1.92. The highest BCUT2D eigenvalue weighted by molar-refractivity contribution is 5.41. The largest absolute Gasteiger partial charge is 0.504 e. The van der Waals surface area contributed by atoms with Gasteiger partial charge in [0, 0.05) is 0 Å². The maximum Gasteiger partial charge on any atom is 0.161 e. The van der Waals surface area contributed by atoms with Crippen molar-refractivity contribution in [3.8, 4) is 11.5 Å². The van der Waals surface area contributed by atoms with Crippen LogP contribution in [0.4, 0.5) is 0 Å². The van der Waals surface area contributed by atoms with E-state index in [2.05, 4.69) is 6.92 Å². The van der Waals surface area contributed by atoms with E-state index in [0.29, 0.717) is 12.4 Å². The molecule has 2 heteroatoms. The van der Waals surface area contributed by atoms with Gasteiger partial charge < -0.3 is 9.84 Å². The van der Waals surface area contributed by atoms with E-state index < -0.39 is 0 Å². The minimum atomic E-state index is 0.217. The summed E-state index contributed by atoms with van der Waals surface area (Å²) in [5.41, 5.74) is 1.18. The fraction of sp³-hybridized carbons (Fsp3) is 0.500. The van der Waals surface area contributed by atoms with Gasteiger partial charge in [-0.1, -0.05) is 26.8 Å². The molecule has 0 bridgehead atoms. The number of aromatic hydroxyl groups is 1. The third kappa shape index (κ3) is 3.69. The molecule has 0 aliphatic carbocycles. The Morgan fingerprint density at radius 1 is 1.21 bits per heavy atom. The van der Waals surface area contributed by atoms with Crippen molar-refractivity contribution in [1.29, 1.82) is 0 Å². The molecular formula is C12H20O2. The van der Waals surface area contributed by atoms with Crippen LogP contribution >= 0.6 is 0 Å². The predicted octanol–water partition coefficient (Wildman–Crippen LogP) is 3.38. The Morgan fingerprint density at radius 2 is 1.86 bits per heavy atom. The van der Waals surface area contributed by atoms with E-state index in [0.717, 1.165) is 6.42 Å². The van der Waals surface area contributed by atoms with Crippen molar-refractivity contribution in [3.05, 3.63) is 23.8 Å². The van der Waals surface area contributed by atoms with E-state index >= 15 is 0 Å². The molecule has 0 aliphatic rings. The summed E-state index contributed by atoms with van der Waals surface area (Å²) in [6, 6.07) is 5.44. The maximum atomic E-state index is 9.34. The molecule has 0 fully saturated rings. The first-order chi connectivity index (χ1) is 6.77. The first kappa shape index (κ1) is 12.8. The average Bonchev–Trinajstić information content (AvgIpc) is 2.24. The minimum Gasteiger partial charge on any atom is -0.504 e. The molecule has 0 aromatic heterocycles. The summed E-state index contributed by atoms with van der Waals surface area (Å²) >= 11 is 0. The maximum absolute atomic E-state index is 9.34. The topological polar surface area (TPSA) is 29.5 Å². The molecule has 1 N–H and O–H groups in total. The molecule has 1 aromatic rings. The zero-order valence-corrected chi connectivity index (χ0v) is 9.50. The van der Waals surface area contributed by atoms with Crippen molar-refractivity contribution < 1.29 is 9.84 Å². The lowest BCUT2D eigenvalue weighted by molar-refractivity contribution is 0.318. The minimum absolute atomic E-state index is 0.217. The van der Waals surface area contributed by atoms with Crippen LogP contribution < -0.4 is 4.74 Å². The van der Waals surface area contributed by atoms with Crippen molar-refractivity contribution in [2.45, 2.75) is 34.1 Å². The predicted molar refractivity (Wildman–Crippen MR) is 60.0 cm³/mol. The Kier molecular flexibility index (Phi) is 6.63. The Bertz CT molecular complexity index is 256. The molecule has 0 spiro atoms. The molecule has 0 aliphatic heterocycles. The number of aryl methyl sites for hydroxylation is 1. The summed E-state index contributed by atoms with van der Waals surface area (Å²) < 4.78 is 5.23. The lowest BCUT2D eigenvalue weighted by atomic mass is 10.1. The van der Waals surface area contributed by atoms with Crippen LogP contribution in [-0.2, 0) is 6.42 Å². The van der Waals surface area contributed by atoms with Crippen LogP contribution in [-0.4, -0.2) is 11.7 Å². The van der Waals surface area contributed by atoms with Crippen LogP contribution in [0.15, 0.2) is 18.2 Å². The summed E-state index contributed by atoms with van der Waals surface area (Å²) in [4.78, 5) is 0. The fourth-order valence-electron chi connectivity index (χ4n) is 1.05. The lowest BCUT2D eigenvalue weighted by Gasteiger charge is -2.06. The normalized spacial score (nSPS) is 8.86. The van der Waals surface area contributed by atoms with Crippen molar-refractivity contribution in [2.24, 2.45) is 0 Å². The number of benzene rings is 1. The van der Waals surface area contributed by atoms with E-state index in [1.165, 1.54) is 5.56 Å². The SMILES string of the molecule is CC.CCOc1cc(CC)ccc1O. The van der Waals surface area contributed by atoms with E-state index in [1.54, 1.807) is 6.07 Å². The van der Waals surface area contributed by atoms with Crippen LogP contribution in [0.25, 0.3) is 0 Å². The molecule has 0 radical (unpaired) electrons. The molecule has 0 unspecified atom stereocenters. The van der Waals surface area contributed by atoms with Crippen LogP contribution in [0.2, 0.25) is 0 Å². The number of hydrogen-bond donors (Lipinski definition) is 1. The first-order valence-electron chi connectivity index (χ1n) is 5.22. The van der Waals surface area contributed by atoms with E-state index in [4.69, 9.17) is 4.74 Å². The van der Waals surface area contributed by atoms with Gasteiger partial charge in [0.1, 0.15) is 0 Å². The molecule has 1 rings (SSSR count). The molecule has 1 aromatic carbocycles. The molecule has 0 atom stereocenters. The van der Waals surface area contributed by atoms with Gasteiger partial charge >= 0.3 is 0 Å². The standard InChI is InChI=1S/C10H14O2.C2H6/c1-3-8-5-6-9(11)10(7-8)12-4-2;1-2/h5-7,11H,3-4H2,1-2H3;1-2H3. The molecule has 0 heterocycles. The zero-order valence-electron chi connectivity index (χ0n) is 9.50. The second-order valence-corrected chi connectivity index (χ2v) is 2.59. The third-order valence-electron chi connectivity index (χ3n) is 1.73. The van der Waals surface area contributed by atoms with Crippen molar-refractivity contribution in [3.63, 3.8) is 0 Å². The van der Waals surface area contributed by atoms with E-state index in [9.17, 15) is 5.11 Å². The van der Waals surface area contributed by atoms with Gasteiger partial charge in [-0.2, -0.15) is 0 Å². The second kappa shape index (κ2) is 7.25. The molecule has 80 valence electrons. The Labute approximate surface area is 86.5 Å². The number of ether oxygens (including phenoxy) is 1. The average molecular weight is 196 g/mol.